The largest absolute Gasteiger partial charge is 0.267 e. The average Bonchev–Trinajstić information content (AvgIpc) is 2.77. The molecule has 0 saturated heterocycles. The molecule has 0 amide bonds. The molecule has 1 aromatic heterocycles. The molecular formula is C9H15N3O2S. The Labute approximate surface area is 89.3 Å². The number of rotatable bonds is 3. The fourth-order valence-corrected chi connectivity index (χ4v) is 3.49. The zero-order valence-corrected chi connectivity index (χ0v) is 9.47. The van der Waals surface area contributed by atoms with E-state index in [1.165, 1.54) is 0 Å². The fourth-order valence-electron chi connectivity index (χ4n) is 1.87. The van der Waals surface area contributed by atoms with Crippen molar-refractivity contribution >= 4 is 15.8 Å². The molecule has 0 aliphatic heterocycles. The summed E-state index contributed by atoms with van der Waals surface area (Å²) in [6.07, 6.45) is 5.15. The summed E-state index contributed by atoms with van der Waals surface area (Å²) in [5, 5.41) is 6.19. The lowest BCUT2D eigenvalue weighted by Crippen LogP contribution is -2.25. The molecule has 2 rings (SSSR count). The number of nitrogens with one attached hydrogen (secondary N) is 2. The first-order valence-corrected chi connectivity index (χ1v) is 6.66. The lowest BCUT2D eigenvalue weighted by molar-refractivity contribution is 0.585. The Balaban J connectivity index is 2.14. The highest BCUT2D eigenvalue weighted by atomic mass is 32.2. The number of nitrogens with zero attached hydrogens (tertiary/aromatic N) is 1. The molecule has 0 spiro atoms. The van der Waals surface area contributed by atoms with E-state index in [4.69, 9.17) is 0 Å². The van der Waals surface area contributed by atoms with Gasteiger partial charge in [-0.15, -0.1) is 0 Å². The lowest BCUT2D eigenvalue weighted by atomic mass is 10.4. The summed E-state index contributed by atoms with van der Waals surface area (Å²) in [7, 11) is -3.23. The van der Waals surface area contributed by atoms with Crippen LogP contribution >= 0.6 is 0 Å². The minimum absolute atomic E-state index is 0.236. The molecule has 1 saturated carbocycles. The first-order valence-electron chi connectivity index (χ1n) is 5.11. The fraction of sp³-hybridized carbons (Fsp3) is 0.667. The quantitative estimate of drug-likeness (QED) is 0.822. The van der Waals surface area contributed by atoms with Crippen molar-refractivity contribution in [3.8, 4) is 0 Å². The van der Waals surface area contributed by atoms with Crippen LogP contribution in [0.1, 0.15) is 31.2 Å². The molecule has 1 heterocycles. The molecule has 2 N–H and O–H groups in total. The lowest BCUT2D eigenvalue weighted by Gasteiger charge is -2.12. The van der Waals surface area contributed by atoms with E-state index in [1.807, 2.05) is 6.92 Å². The molecule has 0 aromatic carbocycles. The Morgan fingerprint density at radius 2 is 2.13 bits per heavy atom. The van der Waals surface area contributed by atoms with Crippen molar-refractivity contribution in [1.29, 1.82) is 0 Å². The number of aromatic nitrogens is 2. The summed E-state index contributed by atoms with van der Waals surface area (Å²) in [6, 6.07) is 0. The van der Waals surface area contributed by atoms with E-state index in [2.05, 4.69) is 14.9 Å². The van der Waals surface area contributed by atoms with Gasteiger partial charge in [-0.05, 0) is 19.8 Å². The first-order chi connectivity index (χ1) is 7.09. The second-order valence-corrected chi connectivity index (χ2v) is 5.94. The molecule has 5 nitrogen and oxygen atoms in total. The standard InChI is InChI=1S/C9H15N3O2S/c1-7-6-10-11-9(7)12-15(13,14)8-4-2-3-5-8/h6,8H,2-5H2,1H3,(H2,10,11,12). The summed E-state index contributed by atoms with van der Waals surface area (Å²) in [6.45, 7) is 1.82. The SMILES string of the molecule is Cc1cn[nH]c1NS(=O)(=O)C1CCCC1. The highest BCUT2D eigenvalue weighted by Crippen LogP contribution is 2.26. The monoisotopic (exact) mass is 229 g/mol. The summed E-state index contributed by atoms with van der Waals surface area (Å²) in [5.74, 6) is 0.488. The molecule has 1 aliphatic rings. The molecule has 84 valence electrons. The minimum Gasteiger partial charge on any atom is -0.267 e. The van der Waals surface area contributed by atoms with Crippen LogP contribution in [0.25, 0.3) is 0 Å². The Hall–Kier alpha value is -1.04. The Morgan fingerprint density at radius 3 is 2.67 bits per heavy atom. The predicted molar refractivity (Wildman–Crippen MR) is 58.1 cm³/mol. The molecule has 0 radical (unpaired) electrons. The molecule has 1 aliphatic carbocycles. The van der Waals surface area contributed by atoms with Crippen LogP contribution in [0.2, 0.25) is 0 Å². The number of aromatic amines is 1. The van der Waals surface area contributed by atoms with Gasteiger partial charge >= 0.3 is 0 Å². The number of hydrogen-bond donors (Lipinski definition) is 2. The van der Waals surface area contributed by atoms with Gasteiger partial charge in [-0.1, -0.05) is 12.8 Å². The van der Waals surface area contributed by atoms with Gasteiger partial charge in [0.1, 0.15) is 5.82 Å². The van der Waals surface area contributed by atoms with E-state index < -0.39 is 10.0 Å². The highest BCUT2D eigenvalue weighted by Gasteiger charge is 2.29. The second-order valence-electron chi connectivity index (χ2n) is 3.98. The van der Waals surface area contributed by atoms with Crippen molar-refractivity contribution in [1.82, 2.24) is 10.2 Å². The van der Waals surface area contributed by atoms with E-state index in [9.17, 15) is 8.42 Å². The van der Waals surface area contributed by atoms with Gasteiger partial charge in [0.05, 0.1) is 11.4 Å². The van der Waals surface area contributed by atoms with Gasteiger partial charge in [-0.2, -0.15) is 5.10 Å². The van der Waals surface area contributed by atoms with Crippen molar-refractivity contribution < 1.29 is 8.42 Å². The van der Waals surface area contributed by atoms with Crippen molar-refractivity contribution in [3.63, 3.8) is 0 Å². The molecule has 1 aromatic rings. The first kappa shape index (κ1) is 10.5. The van der Waals surface area contributed by atoms with Crippen LogP contribution in [0.5, 0.6) is 0 Å². The van der Waals surface area contributed by atoms with Crippen LogP contribution < -0.4 is 4.72 Å². The number of hydrogen-bond acceptors (Lipinski definition) is 3. The van der Waals surface area contributed by atoms with E-state index in [1.54, 1.807) is 6.20 Å². The van der Waals surface area contributed by atoms with Crippen molar-refractivity contribution in [2.45, 2.75) is 37.9 Å². The summed E-state index contributed by atoms with van der Waals surface area (Å²) in [5.41, 5.74) is 0.816. The third-order valence-electron chi connectivity index (χ3n) is 2.81. The summed E-state index contributed by atoms with van der Waals surface area (Å²) in [4.78, 5) is 0. The minimum atomic E-state index is -3.23. The third-order valence-corrected chi connectivity index (χ3v) is 4.65. The van der Waals surface area contributed by atoms with E-state index in [0.29, 0.717) is 5.82 Å². The van der Waals surface area contributed by atoms with Crippen LogP contribution in [-0.4, -0.2) is 23.9 Å². The van der Waals surface area contributed by atoms with Crippen LogP contribution in [0, 0.1) is 6.92 Å². The maximum absolute atomic E-state index is 11.9. The Bertz CT molecular complexity index is 432. The predicted octanol–water partition coefficient (Wildman–Crippen LogP) is 1.40. The van der Waals surface area contributed by atoms with Gasteiger partial charge in [0.2, 0.25) is 10.0 Å². The van der Waals surface area contributed by atoms with E-state index in [-0.39, 0.29) is 5.25 Å². The zero-order valence-electron chi connectivity index (χ0n) is 8.66. The van der Waals surface area contributed by atoms with Crippen molar-refractivity contribution in [2.75, 3.05) is 4.72 Å². The highest BCUT2D eigenvalue weighted by molar-refractivity contribution is 7.93. The number of anilines is 1. The van der Waals surface area contributed by atoms with Crippen molar-refractivity contribution in [2.24, 2.45) is 0 Å². The molecule has 6 heteroatoms. The molecule has 0 atom stereocenters. The smallest absolute Gasteiger partial charge is 0.236 e. The Morgan fingerprint density at radius 1 is 1.47 bits per heavy atom. The molecule has 1 fully saturated rings. The zero-order chi connectivity index (χ0) is 10.9. The topological polar surface area (TPSA) is 74.8 Å². The van der Waals surface area contributed by atoms with E-state index in [0.717, 1.165) is 31.2 Å². The normalized spacial score (nSPS) is 18.2. The number of sulfonamides is 1. The van der Waals surface area contributed by atoms with Crippen LogP contribution in [0.4, 0.5) is 5.82 Å². The maximum Gasteiger partial charge on any atom is 0.236 e. The van der Waals surface area contributed by atoms with Gasteiger partial charge in [0, 0.05) is 5.56 Å². The van der Waals surface area contributed by atoms with Crippen LogP contribution in [0.3, 0.4) is 0 Å². The Kier molecular flexibility index (Phi) is 2.68. The molecule has 15 heavy (non-hydrogen) atoms. The summed E-state index contributed by atoms with van der Waals surface area (Å²) < 4.78 is 26.3. The van der Waals surface area contributed by atoms with Gasteiger partial charge in [0.25, 0.3) is 0 Å². The average molecular weight is 229 g/mol. The van der Waals surface area contributed by atoms with Crippen molar-refractivity contribution in [3.05, 3.63) is 11.8 Å². The molecule has 0 unspecified atom stereocenters. The van der Waals surface area contributed by atoms with Crippen LogP contribution in [-0.2, 0) is 10.0 Å². The number of aryl methyl sites for hydroxylation is 1. The number of H-pyrrole nitrogens is 1. The molecular weight excluding hydrogens is 214 g/mol. The van der Waals surface area contributed by atoms with E-state index >= 15 is 0 Å². The summed E-state index contributed by atoms with van der Waals surface area (Å²) >= 11 is 0. The van der Waals surface area contributed by atoms with Crippen LogP contribution in [0.15, 0.2) is 6.20 Å². The van der Waals surface area contributed by atoms with Gasteiger partial charge < -0.3 is 0 Å². The molecule has 0 bridgehead atoms. The van der Waals surface area contributed by atoms with Gasteiger partial charge in [-0.3, -0.25) is 9.82 Å². The van der Waals surface area contributed by atoms with Gasteiger partial charge in [-0.25, -0.2) is 8.42 Å². The maximum atomic E-state index is 11.9. The second kappa shape index (κ2) is 3.84. The third kappa shape index (κ3) is 2.14. The van der Waals surface area contributed by atoms with Gasteiger partial charge in [0.15, 0.2) is 0 Å².